The number of carbonyl (C=O) groups excluding carboxylic acids is 1. The normalized spacial score (nSPS) is 18.0. The van der Waals surface area contributed by atoms with Crippen molar-refractivity contribution in [2.24, 2.45) is 5.92 Å². The highest BCUT2D eigenvalue weighted by Gasteiger charge is 2.32. The number of piperidine rings is 1. The van der Waals surface area contributed by atoms with Gasteiger partial charge in [0.25, 0.3) is 5.91 Å². The van der Waals surface area contributed by atoms with E-state index < -0.39 is 11.9 Å². The molecule has 0 radical (unpaired) electrons. The van der Waals surface area contributed by atoms with Crippen LogP contribution in [0.2, 0.25) is 0 Å². The standard InChI is InChI=1S/C17H18N2O4/c1-11-14(15(18-23-11)12-6-3-2-4-7-12)16(20)19-9-5-8-13(10-19)17(21)22/h2-4,6-7,13H,5,8-10H2,1H3,(H,21,22)/t13-/m1/s1. The number of nitrogens with zero attached hydrogens (tertiary/aromatic N) is 2. The van der Waals surface area contributed by atoms with Crippen LogP contribution in [-0.2, 0) is 4.79 Å². The van der Waals surface area contributed by atoms with Crippen molar-refractivity contribution < 1.29 is 19.2 Å². The number of carboxylic acids is 1. The van der Waals surface area contributed by atoms with Crippen molar-refractivity contribution in [3.8, 4) is 11.3 Å². The molecule has 6 nitrogen and oxygen atoms in total. The minimum absolute atomic E-state index is 0.214. The van der Waals surface area contributed by atoms with E-state index in [1.807, 2.05) is 30.3 Å². The molecular formula is C17H18N2O4. The molecule has 1 saturated heterocycles. The highest BCUT2D eigenvalue weighted by Crippen LogP contribution is 2.28. The fraction of sp³-hybridized carbons (Fsp3) is 0.353. The quantitative estimate of drug-likeness (QED) is 0.941. The fourth-order valence-corrected chi connectivity index (χ4v) is 2.94. The number of aryl methyl sites for hydroxylation is 1. The maximum atomic E-state index is 12.9. The highest BCUT2D eigenvalue weighted by molar-refractivity contribution is 6.01. The predicted molar refractivity (Wildman–Crippen MR) is 82.9 cm³/mol. The van der Waals surface area contributed by atoms with Crippen molar-refractivity contribution in [2.45, 2.75) is 19.8 Å². The molecule has 0 saturated carbocycles. The van der Waals surface area contributed by atoms with Crippen LogP contribution in [0.15, 0.2) is 34.9 Å². The van der Waals surface area contributed by atoms with Crippen molar-refractivity contribution in [1.29, 1.82) is 0 Å². The first kappa shape index (κ1) is 15.3. The average Bonchev–Trinajstić information content (AvgIpc) is 2.96. The lowest BCUT2D eigenvalue weighted by atomic mass is 9.97. The number of likely N-dealkylation sites (tertiary alicyclic amines) is 1. The number of carboxylic acid groups (broad SMARTS) is 1. The van der Waals surface area contributed by atoms with Gasteiger partial charge in [-0.15, -0.1) is 0 Å². The number of hydrogen-bond acceptors (Lipinski definition) is 4. The summed E-state index contributed by atoms with van der Waals surface area (Å²) in [7, 11) is 0. The van der Waals surface area contributed by atoms with Gasteiger partial charge in [0.1, 0.15) is 17.0 Å². The van der Waals surface area contributed by atoms with Crippen LogP contribution in [0.25, 0.3) is 11.3 Å². The Balaban J connectivity index is 1.91. The average molecular weight is 314 g/mol. The molecule has 6 heteroatoms. The third kappa shape index (κ3) is 2.97. The van der Waals surface area contributed by atoms with Crippen LogP contribution in [0.3, 0.4) is 0 Å². The Labute approximate surface area is 133 Å². The third-order valence-corrected chi connectivity index (χ3v) is 4.18. The summed E-state index contributed by atoms with van der Waals surface area (Å²) in [5, 5.41) is 13.2. The Bertz CT molecular complexity index is 723. The van der Waals surface area contributed by atoms with E-state index in [-0.39, 0.29) is 12.5 Å². The van der Waals surface area contributed by atoms with Gasteiger partial charge in [0.15, 0.2) is 0 Å². The van der Waals surface area contributed by atoms with Crippen LogP contribution in [0.1, 0.15) is 29.0 Å². The topological polar surface area (TPSA) is 83.6 Å². The minimum Gasteiger partial charge on any atom is -0.481 e. The highest BCUT2D eigenvalue weighted by atomic mass is 16.5. The van der Waals surface area contributed by atoms with E-state index in [1.165, 1.54) is 0 Å². The number of rotatable bonds is 3. The summed E-state index contributed by atoms with van der Waals surface area (Å²) in [4.78, 5) is 25.7. The van der Waals surface area contributed by atoms with Gasteiger partial charge in [0, 0.05) is 18.7 Å². The predicted octanol–water partition coefficient (Wildman–Crippen LogP) is 2.59. The summed E-state index contributed by atoms with van der Waals surface area (Å²) in [5.41, 5.74) is 1.73. The van der Waals surface area contributed by atoms with Gasteiger partial charge in [-0.1, -0.05) is 35.5 Å². The van der Waals surface area contributed by atoms with Gasteiger partial charge in [0.2, 0.25) is 0 Å². The Morgan fingerprint density at radius 2 is 2.04 bits per heavy atom. The van der Waals surface area contributed by atoms with Crippen molar-refractivity contribution in [2.75, 3.05) is 13.1 Å². The molecule has 0 bridgehead atoms. The van der Waals surface area contributed by atoms with Crippen molar-refractivity contribution in [1.82, 2.24) is 10.1 Å². The lowest BCUT2D eigenvalue weighted by Gasteiger charge is -2.30. The summed E-state index contributed by atoms with van der Waals surface area (Å²) in [6.07, 6.45) is 1.29. The number of hydrogen-bond donors (Lipinski definition) is 1. The molecule has 2 heterocycles. The number of aromatic nitrogens is 1. The summed E-state index contributed by atoms with van der Waals surface area (Å²) < 4.78 is 5.22. The van der Waals surface area contributed by atoms with Crippen LogP contribution in [0, 0.1) is 12.8 Å². The van der Waals surface area contributed by atoms with Gasteiger partial charge in [-0.05, 0) is 19.8 Å². The second-order valence-corrected chi connectivity index (χ2v) is 5.76. The molecule has 0 aliphatic carbocycles. The van der Waals surface area contributed by atoms with Crippen LogP contribution in [0.4, 0.5) is 0 Å². The van der Waals surface area contributed by atoms with E-state index in [1.54, 1.807) is 11.8 Å². The zero-order valence-electron chi connectivity index (χ0n) is 12.9. The van der Waals surface area contributed by atoms with Crippen LogP contribution < -0.4 is 0 Å². The Kier molecular flexibility index (Phi) is 4.14. The van der Waals surface area contributed by atoms with Crippen LogP contribution in [-0.4, -0.2) is 40.1 Å². The largest absolute Gasteiger partial charge is 0.481 e. The molecule has 1 aromatic carbocycles. The van der Waals surface area contributed by atoms with Gasteiger partial charge >= 0.3 is 5.97 Å². The van der Waals surface area contributed by atoms with E-state index in [2.05, 4.69) is 5.16 Å². The Morgan fingerprint density at radius 1 is 1.30 bits per heavy atom. The maximum Gasteiger partial charge on any atom is 0.308 e. The van der Waals surface area contributed by atoms with Gasteiger partial charge in [-0.3, -0.25) is 9.59 Å². The molecule has 1 aliphatic rings. The molecule has 1 N–H and O–H groups in total. The Hall–Kier alpha value is -2.63. The molecule has 23 heavy (non-hydrogen) atoms. The molecule has 1 amide bonds. The fourth-order valence-electron chi connectivity index (χ4n) is 2.94. The second kappa shape index (κ2) is 6.24. The van der Waals surface area contributed by atoms with Gasteiger partial charge in [-0.25, -0.2) is 0 Å². The molecule has 1 atom stereocenters. The third-order valence-electron chi connectivity index (χ3n) is 4.18. The summed E-state index contributed by atoms with van der Waals surface area (Å²) in [6.45, 7) is 2.49. The van der Waals surface area contributed by atoms with E-state index in [9.17, 15) is 14.7 Å². The second-order valence-electron chi connectivity index (χ2n) is 5.76. The summed E-state index contributed by atoms with van der Waals surface area (Å²) in [6, 6.07) is 9.36. The van der Waals surface area contributed by atoms with Crippen LogP contribution in [0.5, 0.6) is 0 Å². The first-order valence-electron chi connectivity index (χ1n) is 7.61. The summed E-state index contributed by atoms with van der Waals surface area (Å²) >= 11 is 0. The molecule has 120 valence electrons. The number of aliphatic carboxylic acids is 1. The first-order chi connectivity index (χ1) is 11.1. The van der Waals surface area contributed by atoms with Crippen molar-refractivity contribution >= 4 is 11.9 Å². The van der Waals surface area contributed by atoms with Crippen molar-refractivity contribution in [3.63, 3.8) is 0 Å². The lowest BCUT2D eigenvalue weighted by Crippen LogP contribution is -2.42. The maximum absolute atomic E-state index is 12.9. The molecule has 1 aromatic heterocycles. The molecule has 1 aliphatic heterocycles. The Morgan fingerprint density at radius 3 is 2.74 bits per heavy atom. The van der Waals surface area contributed by atoms with Crippen LogP contribution >= 0.6 is 0 Å². The van der Waals surface area contributed by atoms with Gasteiger partial charge in [-0.2, -0.15) is 0 Å². The molecular weight excluding hydrogens is 296 g/mol. The van der Waals surface area contributed by atoms with E-state index in [4.69, 9.17) is 4.52 Å². The number of amides is 1. The molecule has 0 spiro atoms. The summed E-state index contributed by atoms with van der Waals surface area (Å²) in [5.74, 6) is -1.12. The smallest absolute Gasteiger partial charge is 0.308 e. The SMILES string of the molecule is Cc1onc(-c2ccccc2)c1C(=O)N1CCC[C@@H](C(=O)O)C1. The molecule has 1 fully saturated rings. The zero-order chi connectivity index (χ0) is 16.4. The van der Waals surface area contributed by atoms with E-state index >= 15 is 0 Å². The van der Waals surface area contributed by atoms with E-state index in [0.29, 0.717) is 36.4 Å². The molecule has 2 aromatic rings. The first-order valence-corrected chi connectivity index (χ1v) is 7.61. The molecule has 3 rings (SSSR count). The molecule has 0 unspecified atom stereocenters. The lowest BCUT2D eigenvalue weighted by molar-refractivity contribution is -0.143. The number of benzene rings is 1. The van der Waals surface area contributed by atoms with Gasteiger partial charge < -0.3 is 14.5 Å². The van der Waals surface area contributed by atoms with Crippen molar-refractivity contribution in [3.05, 3.63) is 41.7 Å². The minimum atomic E-state index is -0.854. The van der Waals surface area contributed by atoms with E-state index in [0.717, 1.165) is 5.56 Å². The zero-order valence-corrected chi connectivity index (χ0v) is 12.9. The van der Waals surface area contributed by atoms with Gasteiger partial charge in [0.05, 0.1) is 5.92 Å². The monoisotopic (exact) mass is 314 g/mol. The number of carbonyl (C=O) groups is 2.